The topological polar surface area (TPSA) is 73.9 Å². The van der Waals surface area contributed by atoms with Crippen molar-refractivity contribution in [2.75, 3.05) is 12.4 Å². The molecule has 4 N–H and O–H groups in total. The molecule has 0 aliphatic carbocycles. The first kappa shape index (κ1) is 20.5. The van der Waals surface area contributed by atoms with Gasteiger partial charge in [-0.15, -0.1) is 11.3 Å². The highest BCUT2D eigenvalue weighted by Crippen LogP contribution is 2.48. The van der Waals surface area contributed by atoms with Crippen molar-refractivity contribution in [1.29, 1.82) is 0 Å². The lowest BCUT2D eigenvalue weighted by Crippen LogP contribution is -2.53. The van der Waals surface area contributed by atoms with Crippen molar-refractivity contribution in [2.24, 2.45) is 10.9 Å². The molecule has 11 heteroatoms. The summed E-state index contributed by atoms with van der Waals surface area (Å²) in [4.78, 5) is 2.01. The van der Waals surface area contributed by atoms with Gasteiger partial charge in [-0.25, -0.2) is 4.39 Å². The summed E-state index contributed by atoms with van der Waals surface area (Å²) in [6, 6.07) is 4.66. The van der Waals surface area contributed by atoms with E-state index >= 15 is 4.39 Å². The minimum atomic E-state index is -4.53. The van der Waals surface area contributed by atoms with Crippen molar-refractivity contribution < 1.29 is 22.8 Å². The first-order chi connectivity index (χ1) is 13.7. The highest BCUT2D eigenvalue weighted by atomic mass is 32.2. The highest BCUT2D eigenvalue weighted by molar-refractivity contribution is 8.00. The number of fused-ring (bicyclic) bond motifs is 3. The number of thiophene rings is 1. The maximum absolute atomic E-state index is 15.0. The highest BCUT2D eigenvalue weighted by Gasteiger charge is 2.46. The molecule has 1 aromatic carbocycles. The van der Waals surface area contributed by atoms with Crippen LogP contribution in [-0.4, -0.2) is 52.8 Å². The van der Waals surface area contributed by atoms with Crippen LogP contribution in [0.3, 0.4) is 0 Å². The smallest absolute Gasteiger partial charge is 0.409 e. The molecule has 158 valence electrons. The van der Waals surface area contributed by atoms with E-state index in [9.17, 15) is 13.2 Å². The number of rotatable bonds is 4. The molecule has 29 heavy (non-hydrogen) atoms. The molecule has 1 aromatic heterocycles. The molecule has 2 aliphatic rings. The van der Waals surface area contributed by atoms with Crippen molar-refractivity contribution in [2.45, 2.75) is 54.0 Å². The fourth-order valence-electron chi connectivity index (χ4n) is 4.38. The molecule has 0 unspecified atom stereocenters. The van der Waals surface area contributed by atoms with Gasteiger partial charge in [-0.1, -0.05) is 17.3 Å². The van der Waals surface area contributed by atoms with Gasteiger partial charge in [0.2, 0.25) is 0 Å². The van der Waals surface area contributed by atoms with E-state index in [1.807, 2.05) is 7.05 Å². The quantitative estimate of drug-likeness (QED) is 0.159. The number of hydrogen-bond donors (Lipinski definition) is 3. The fourth-order valence-corrected chi connectivity index (χ4v) is 6.47. The molecule has 0 saturated carbocycles. The van der Waals surface area contributed by atoms with Gasteiger partial charge >= 0.3 is 5.51 Å². The maximum Gasteiger partial charge on any atom is 0.446 e. The molecule has 4 atom stereocenters. The molecule has 0 spiro atoms. The van der Waals surface area contributed by atoms with Gasteiger partial charge in [-0.3, -0.25) is 4.90 Å². The summed E-state index contributed by atoms with van der Waals surface area (Å²) in [5, 5.41) is 15.5. The third-order valence-electron chi connectivity index (χ3n) is 5.74. The van der Waals surface area contributed by atoms with Gasteiger partial charge in [-0.2, -0.15) is 13.2 Å². The van der Waals surface area contributed by atoms with Crippen LogP contribution >= 0.6 is 23.1 Å². The number of nitrogens with one attached hydrogen (secondary N) is 1. The predicted molar refractivity (Wildman–Crippen MR) is 108 cm³/mol. The first-order valence-electron chi connectivity index (χ1n) is 9.11. The fraction of sp³-hybridized carbons (Fsp3) is 0.500. The Bertz CT molecular complexity index is 948. The second kappa shape index (κ2) is 7.51. The van der Waals surface area contributed by atoms with Crippen LogP contribution in [0.4, 0.5) is 23.2 Å². The molecule has 2 aromatic rings. The molecule has 0 amide bonds. The van der Waals surface area contributed by atoms with Crippen molar-refractivity contribution >= 4 is 44.7 Å². The maximum atomic E-state index is 15.0. The Morgan fingerprint density at radius 2 is 2.14 bits per heavy atom. The van der Waals surface area contributed by atoms with E-state index < -0.39 is 17.7 Å². The van der Waals surface area contributed by atoms with E-state index in [0.717, 1.165) is 24.2 Å². The van der Waals surface area contributed by atoms with Crippen LogP contribution in [0.1, 0.15) is 24.1 Å². The Morgan fingerprint density at radius 3 is 2.83 bits per heavy atom. The number of alkyl halides is 4. The zero-order valence-corrected chi connectivity index (χ0v) is 17.0. The van der Waals surface area contributed by atoms with Gasteiger partial charge in [0.1, 0.15) is 6.17 Å². The van der Waals surface area contributed by atoms with Crippen LogP contribution in [0.2, 0.25) is 0 Å². The number of oxime groups is 1. The number of thioether (sulfide) groups is 1. The van der Waals surface area contributed by atoms with Crippen LogP contribution in [0.25, 0.3) is 10.1 Å². The van der Waals surface area contributed by atoms with E-state index in [4.69, 9.17) is 10.9 Å². The summed E-state index contributed by atoms with van der Waals surface area (Å²) < 4.78 is 54.9. The Balaban J connectivity index is 1.73. The number of benzene rings is 1. The minimum absolute atomic E-state index is 0.0410. The van der Waals surface area contributed by atoms with Gasteiger partial charge in [0.25, 0.3) is 0 Å². The molecule has 5 nitrogen and oxygen atoms in total. The van der Waals surface area contributed by atoms with Crippen molar-refractivity contribution in [3.8, 4) is 0 Å². The summed E-state index contributed by atoms with van der Waals surface area (Å²) in [5.41, 5.74) is 1.67. The summed E-state index contributed by atoms with van der Waals surface area (Å²) in [7, 11) is 1.94. The second-order valence-corrected chi connectivity index (χ2v) is 9.47. The molecule has 2 saturated heterocycles. The van der Waals surface area contributed by atoms with E-state index in [2.05, 4.69) is 15.4 Å². The first-order valence-corrected chi connectivity index (χ1v) is 10.7. The van der Waals surface area contributed by atoms with Gasteiger partial charge in [0.15, 0.2) is 5.84 Å². The summed E-state index contributed by atoms with van der Waals surface area (Å²) >= 11 is 0.703. The van der Waals surface area contributed by atoms with Gasteiger partial charge in [-0.05, 0) is 44.1 Å². The molecular formula is C18H20F4N4OS2. The lowest BCUT2D eigenvalue weighted by Gasteiger charge is -2.39. The normalized spacial score (nSPS) is 28.2. The number of halogens is 4. The summed E-state index contributed by atoms with van der Waals surface area (Å²) in [6.07, 6.45) is 1.32. The number of nitrogens with two attached hydrogens (primary N) is 1. The molecule has 2 aliphatic heterocycles. The minimum Gasteiger partial charge on any atom is -0.409 e. The number of amidine groups is 1. The van der Waals surface area contributed by atoms with Crippen LogP contribution in [0, 0.1) is 0 Å². The average molecular weight is 449 g/mol. The number of nitrogens with zero attached hydrogens (tertiary/aromatic N) is 2. The van der Waals surface area contributed by atoms with Gasteiger partial charge in [0, 0.05) is 22.4 Å². The van der Waals surface area contributed by atoms with Crippen molar-refractivity contribution in [1.82, 2.24) is 4.90 Å². The van der Waals surface area contributed by atoms with Crippen LogP contribution in [0.5, 0.6) is 0 Å². The van der Waals surface area contributed by atoms with Gasteiger partial charge in [0.05, 0.1) is 21.3 Å². The van der Waals surface area contributed by atoms with E-state index in [-0.39, 0.29) is 33.4 Å². The molecule has 2 fully saturated rings. The summed E-state index contributed by atoms with van der Waals surface area (Å²) in [6.45, 7) is 0. The third kappa shape index (κ3) is 3.75. The monoisotopic (exact) mass is 448 g/mol. The molecular weight excluding hydrogens is 428 g/mol. The van der Waals surface area contributed by atoms with E-state index in [0.29, 0.717) is 28.2 Å². The number of anilines is 1. The van der Waals surface area contributed by atoms with Crippen LogP contribution in [-0.2, 0) is 0 Å². The van der Waals surface area contributed by atoms with Crippen molar-refractivity contribution in [3.05, 3.63) is 23.1 Å². The molecule has 3 heterocycles. The Hall–Kier alpha value is -1.72. The largest absolute Gasteiger partial charge is 0.446 e. The number of hydrogen-bond acceptors (Lipinski definition) is 6. The predicted octanol–water partition coefficient (Wildman–Crippen LogP) is 4.59. The van der Waals surface area contributed by atoms with Crippen LogP contribution in [0.15, 0.2) is 28.3 Å². The average Bonchev–Trinajstić information content (AvgIpc) is 3.15. The molecule has 2 bridgehead atoms. The Morgan fingerprint density at radius 1 is 1.38 bits per heavy atom. The SMILES string of the molecule is CN1[C@@H]2CC[C@H]1[C@H](F)[C@H](Nc1cccc3c(SC(F)(F)F)c(/C(N)=N/O)sc13)C2. The molecule has 0 radical (unpaired) electrons. The second-order valence-electron chi connectivity index (χ2n) is 7.37. The zero-order chi connectivity index (χ0) is 20.9. The zero-order valence-electron chi connectivity index (χ0n) is 15.4. The van der Waals surface area contributed by atoms with E-state index in [1.54, 1.807) is 18.2 Å². The number of piperidine rings is 1. The van der Waals surface area contributed by atoms with Crippen LogP contribution < -0.4 is 11.1 Å². The molecule has 4 rings (SSSR count). The third-order valence-corrected chi connectivity index (χ3v) is 7.99. The Labute approximate surface area is 172 Å². The lowest BCUT2D eigenvalue weighted by molar-refractivity contribution is -0.0327. The van der Waals surface area contributed by atoms with Gasteiger partial charge < -0.3 is 16.3 Å². The standard InChI is InChI=1S/C18H20F4N4OS2/c1-26-8-5-6-12(26)13(19)11(7-8)24-10-4-2-3-9-14(10)28-16(17(23)25-27)15(9)29-18(20,21)22/h2-4,8,11-13,24,27H,5-7H2,1H3,(H2,23,25)/t8-,11-,12+,13-/m1/s1. The van der Waals surface area contributed by atoms with E-state index in [1.165, 1.54) is 0 Å². The summed E-state index contributed by atoms with van der Waals surface area (Å²) in [5.74, 6) is -0.385. The lowest BCUT2D eigenvalue weighted by atomic mass is 9.95. The van der Waals surface area contributed by atoms with Crippen molar-refractivity contribution in [3.63, 3.8) is 0 Å². The Kier molecular flexibility index (Phi) is 5.32.